The molecule has 0 aliphatic rings. The van der Waals surface area contributed by atoms with Crippen LogP contribution in [0.1, 0.15) is 47.5 Å². The van der Waals surface area contributed by atoms with Crippen molar-refractivity contribution in [1.29, 1.82) is 0 Å². The van der Waals surface area contributed by atoms with Gasteiger partial charge in [0.25, 0.3) is 0 Å². The van der Waals surface area contributed by atoms with E-state index in [1.54, 1.807) is 6.92 Å². The molecule has 0 radical (unpaired) electrons. The third kappa shape index (κ3) is 46.5. The molecule has 6 heteroatoms. The van der Waals surface area contributed by atoms with Crippen molar-refractivity contribution >= 4 is 29.1 Å². The first-order chi connectivity index (χ1) is 8.20. The Balaban J connectivity index is -0.0000000906. The Kier molecular flexibility index (Phi) is 28.3. The molecule has 0 aliphatic carbocycles. The maximum Gasteiger partial charge on any atom is 3.00 e. The molecule has 0 unspecified atom stereocenters. The predicted molar refractivity (Wildman–Crippen MR) is 70.1 cm³/mol. The molecule has 0 aromatic heterocycles. The zero-order valence-corrected chi connectivity index (χ0v) is 13.8. The number of carbonyl (C=O) groups is 2. The van der Waals surface area contributed by atoms with Crippen LogP contribution in [0.2, 0.25) is 0 Å². The van der Waals surface area contributed by atoms with Crippen LogP contribution in [0.5, 0.6) is 0 Å². The fourth-order valence-electron chi connectivity index (χ4n) is 0.286. The summed E-state index contributed by atoms with van der Waals surface area (Å²) in [5.41, 5.74) is 0. The van der Waals surface area contributed by atoms with Crippen LogP contribution >= 0.6 is 0 Å². The molecule has 19 heavy (non-hydrogen) atoms. The summed E-state index contributed by atoms with van der Waals surface area (Å²) in [5, 5.41) is 28.9. The number of hydrogen-bond acceptors (Lipinski definition) is 5. The van der Waals surface area contributed by atoms with Crippen LogP contribution in [0.25, 0.3) is 0 Å². The Morgan fingerprint density at radius 1 is 0.947 bits per heavy atom. The summed E-state index contributed by atoms with van der Waals surface area (Å²) in [7, 11) is 0. The number of aliphatic carboxylic acids is 1. The molecule has 0 saturated carbocycles. The molecular formula is C13H25AlO5. The topological polar surface area (TPSA) is 103 Å². The van der Waals surface area contributed by atoms with E-state index in [0.717, 1.165) is 0 Å². The monoisotopic (exact) mass is 288 g/mol. The van der Waals surface area contributed by atoms with E-state index < -0.39 is 12.4 Å². The summed E-state index contributed by atoms with van der Waals surface area (Å²) in [4.78, 5) is 19.8. The maximum absolute atomic E-state index is 10.2. The van der Waals surface area contributed by atoms with Crippen molar-refractivity contribution in [3.05, 3.63) is 0 Å². The second-order valence-corrected chi connectivity index (χ2v) is 4.56. The van der Waals surface area contributed by atoms with Gasteiger partial charge in [0.15, 0.2) is 0 Å². The number of carboxylic acid groups (broad SMARTS) is 1. The summed E-state index contributed by atoms with van der Waals surface area (Å²) in [5.74, 6) is -0.924. The minimum atomic E-state index is -1.29. The molecule has 0 aromatic rings. The second kappa shape index (κ2) is 19.9. The van der Waals surface area contributed by atoms with E-state index in [9.17, 15) is 24.9 Å². The Bertz CT molecular complexity index is 197. The Labute approximate surface area is 127 Å². The molecule has 0 fully saturated rings. The molecule has 0 amide bonds. The van der Waals surface area contributed by atoms with Gasteiger partial charge in [0.1, 0.15) is 5.78 Å². The van der Waals surface area contributed by atoms with Gasteiger partial charge in [-0.25, -0.2) is 0 Å². The Hall–Kier alpha value is -0.408. The number of ketones is 1. The zero-order valence-electron chi connectivity index (χ0n) is 12.6. The van der Waals surface area contributed by atoms with Crippen molar-refractivity contribution in [2.45, 2.75) is 47.5 Å². The van der Waals surface area contributed by atoms with E-state index in [1.165, 1.54) is 0 Å². The van der Waals surface area contributed by atoms with Gasteiger partial charge in [-0.3, -0.25) is 4.79 Å². The first-order valence-electron chi connectivity index (χ1n) is 6.08. The third-order valence-electron chi connectivity index (χ3n) is 1.40. The fraction of sp³-hybridized carbons (Fsp3) is 0.846. The SMILES string of the molecule is CC(C)C[O-].CC(C)C[O-].CCC(=O)CC(=O)[O-].[Al+3]. The van der Waals surface area contributed by atoms with Gasteiger partial charge in [-0.1, -0.05) is 46.5 Å². The molecule has 0 heterocycles. The molecule has 0 aliphatic heterocycles. The molecule has 0 atom stereocenters. The van der Waals surface area contributed by atoms with Crippen molar-refractivity contribution in [2.24, 2.45) is 11.8 Å². The van der Waals surface area contributed by atoms with Crippen LogP contribution in [-0.4, -0.2) is 42.3 Å². The van der Waals surface area contributed by atoms with E-state index >= 15 is 0 Å². The average molecular weight is 288 g/mol. The van der Waals surface area contributed by atoms with Crippen LogP contribution < -0.4 is 15.3 Å². The van der Waals surface area contributed by atoms with E-state index in [4.69, 9.17) is 0 Å². The maximum atomic E-state index is 10.2. The number of carbonyl (C=O) groups excluding carboxylic acids is 2. The number of Topliss-reactive ketones (excluding diaryl/α,β-unsaturated/α-hetero) is 1. The molecule has 0 aromatic carbocycles. The molecule has 5 nitrogen and oxygen atoms in total. The summed E-state index contributed by atoms with van der Waals surface area (Å²) in [6.45, 7) is 9.37. The van der Waals surface area contributed by atoms with E-state index in [-0.39, 0.29) is 42.8 Å². The first-order valence-corrected chi connectivity index (χ1v) is 6.08. The predicted octanol–water partition coefficient (Wildman–Crippen LogP) is -1.27. The van der Waals surface area contributed by atoms with E-state index in [1.807, 2.05) is 27.7 Å². The van der Waals surface area contributed by atoms with Crippen molar-refractivity contribution < 1.29 is 24.9 Å². The fourth-order valence-corrected chi connectivity index (χ4v) is 0.286. The van der Waals surface area contributed by atoms with Crippen molar-refractivity contribution in [3.63, 3.8) is 0 Å². The average Bonchev–Trinajstić information content (AvgIpc) is 2.29. The second-order valence-electron chi connectivity index (χ2n) is 4.56. The van der Waals surface area contributed by atoms with Crippen LogP contribution in [0.15, 0.2) is 0 Å². The van der Waals surface area contributed by atoms with Crippen LogP contribution in [-0.2, 0) is 9.59 Å². The summed E-state index contributed by atoms with van der Waals surface area (Å²) in [6, 6.07) is 0. The van der Waals surface area contributed by atoms with Gasteiger partial charge >= 0.3 is 17.4 Å². The molecule has 0 N–H and O–H groups in total. The van der Waals surface area contributed by atoms with Gasteiger partial charge < -0.3 is 20.1 Å². The molecule has 0 bridgehead atoms. The van der Waals surface area contributed by atoms with Crippen LogP contribution in [0.4, 0.5) is 0 Å². The van der Waals surface area contributed by atoms with E-state index in [2.05, 4.69) is 0 Å². The summed E-state index contributed by atoms with van der Waals surface area (Å²) >= 11 is 0. The van der Waals surface area contributed by atoms with Crippen molar-refractivity contribution in [2.75, 3.05) is 13.2 Å². The van der Waals surface area contributed by atoms with Gasteiger partial charge in [0.05, 0.1) is 0 Å². The molecular weight excluding hydrogens is 263 g/mol. The number of carboxylic acids is 1. The van der Waals surface area contributed by atoms with E-state index in [0.29, 0.717) is 11.8 Å². The minimum Gasteiger partial charge on any atom is -0.854 e. The zero-order chi connectivity index (χ0) is 15.1. The first kappa shape index (κ1) is 27.0. The smallest absolute Gasteiger partial charge is 0.854 e. The summed E-state index contributed by atoms with van der Waals surface area (Å²) in [6.07, 6.45) is -0.176. The number of hydrogen-bond donors (Lipinski definition) is 0. The van der Waals surface area contributed by atoms with Gasteiger partial charge in [0.2, 0.25) is 0 Å². The largest absolute Gasteiger partial charge is 3.00 e. The number of rotatable bonds is 5. The van der Waals surface area contributed by atoms with Gasteiger partial charge in [0, 0.05) is 18.8 Å². The van der Waals surface area contributed by atoms with Crippen molar-refractivity contribution in [3.8, 4) is 0 Å². The molecule has 110 valence electrons. The van der Waals surface area contributed by atoms with Crippen LogP contribution in [0, 0.1) is 11.8 Å². The Morgan fingerprint density at radius 2 is 1.21 bits per heavy atom. The quantitative estimate of drug-likeness (QED) is 0.463. The minimum absolute atomic E-state index is 0. The van der Waals surface area contributed by atoms with Gasteiger partial charge in [-0.2, -0.15) is 0 Å². The van der Waals surface area contributed by atoms with Gasteiger partial charge in [-0.15, -0.1) is 13.2 Å². The normalized spacial score (nSPS) is 8.68. The molecule has 0 saturated heterocycles. The molecule has 0 rings (SSSR count). The molecule has 0 spiro atoms. The third-order valence-corrected chi connectivity index (χ3v) is 1.40. The van der Waals surface area contributed by atoms with Crippen LogP contribution in [0.3, 0.4) is 0 Å². The standard InChI is InChI=1S/C5H8O3.2C4H9O.Al/c1-2-4(6)3-5(7)8;2*1-4(2)3-5;/h2-3H2,1H3,(H,7,8);2*4H,3H2,1-2H3;/q;2*-1;+3/p-1. The van der Waals surface area contributed by atoms with Crippen molar-refractivity contribution in [1.82, 2.24) is 0 Å². The van der Waals surface area contributed by atoms with Gasteiger partial charge in [-0.05, 0) is 0 Å². The Morgan fingerprint density at radius 3 is 1.26 bits per heavy atom. The summed E-state index contributed by atoms with van der Waals surface area (Å²) < 4.78 is 0.